The number of phenols is 1. The van der Waals surface area contributed by atoms with E-state index < -0.39 is 108 Å². The predicted molar refractivity (Wildman–Crippen MR) is 247 cm³/mol. The number of piperidine rings is 1. The van der Waals surface area contributed by atoms with Gasteiger partial charge in [-0.25, -0.2) is 4.79 Å². The van der Waals surface area contributed by atoms with Gasteiger partial charge in [0.15, 0.2) is 0 Å². The minimum Gasteiger partial charge on any atom is -0.508 e. The maximum absolute atomic E-state index is 15.0. The highest BCUT2D eigenvalue weighted by Gasteiger charge is 2.45. The lowest BCUT2D eigenvalue weighted by Crippen LogP contribution is -2.64. The van der Waals surface area contributed by atoms with Crippen molar-refractivity contribution in [3.8, 4) is 5.75 Å². The summed E-state index contributed by atoms with van der Waals surface area (Å²) in [6.45, 7) is 7.88. The first-order valence-corrected chi connectivity index (χ1v) is 23.0. The summed E-state index contributed by atoms with van der Waals surface area (Å²) in [5.41, 5.74) is 6.11. The van der Waals surface area contributed by atoms with Crippen LogP contribution in [0.3, 0.4) is 0 Å². The summed E-state index contributed by atoms with van der Waals surface area (Å²) in [6, 6.07) is 5.88. The number of amides is 8. The highest BCUT2D eigenvalue weighted by atomic mass is 16.5. The number of nitrogens with one attached hydrogen (secondary N) is 5. The Labute approximate surface area is 396 Å². The van der Waals surface area contributed by atoms with Crippen LogP contribution in [-0.4, -0.2) is 129 Å². The number of primary amides is 1. The van der Waals surface area contributed by atoms with Crippen LogP contribution in [-0.2, 0) is 60.7 Å². The summed E-state index contributed by atoms with van der Waals surface area (Å²) in [6.07, 6.45) is -0.620. The summed E-state index contributed by atoms with van der Waals surface area (Å²) in [4.78, 5) is 127. The van der Waals surface area contributed by atoms with Crippen molar-refractivity contribution in [1.29, 1.82) is 0 Å². The van der Waals surface area contributed by atoms with E-state index in [0.717, 1.165) is 22.6 Å². The highest BCUT2D eigenvalue weighted by Crippen LogP contribution is 2.25. The quantitative estimate of drug-likeness (QED) is 0.0697. The number of carbonyl (C=O) groups is 9. The fourth-order valence-electron chi connectivity index (χ4n) is 7.98. The molecule has 2 aliphatic heterocycles. The van der Waals surface area contributed by atoms with E-state index in [0.29, 0.717) is 17.5 Å². The van der Waals surface area contributed by atoms with Crippen molar-refractivity contribution < 1.29 is 58.1 Å². The van der Waals surface area contributed by atoms with E-state index in [1.54, 1.807) is 56.3 Å². The molecule has 8 amide bonds. The topological polar surface area (TPSA) is 296 Å². The Morgan fingerprint density at radius 1 is 0.882 bits per heavy atom. The number of fused-ring (bicyclic) bond motifs is 2. The molecule has 2 fully saturated rings. The molecule has 2 aromatic carbocycles. The Bertz CT molecular complexity index is 2170. The van der Waals surface area contributed by atoms with Gasteiger partial charge in [-0.15, -0.1) is 0 Å². The molecule has 20 nitrogen and oxygen atoms in total. The molecule has 2 bridgehead atoms. The van der Waals surface area contributed by atoms with Gasteiger partial charge in [0.2, 0.25) is 35.4 Å². The largest absolute Gasteiger partial charge is 0.508 e. The number of carbonyl (C=O) groups excluding carboxylic acids is 9. The van der Waals surface area contributed by atoms with Gasteiger partial charge < -0.3 is 57.1 Å². The molecule has 2 saturated heterocycles. The van der Waals surface area contributed by atoms with Crippen LogP contribution in [0.15, 0.2) is 66.4 Å². The van der Waals surface area contributed by atoms with Crippen LogP contribution in [0.4, 0.5) is 0 Å². The van der Waals surface area contributed by atoms with Crippen molar-refractivity contribution in [3.05, 3.63) is 77.5 Å². The SMILES string of the molecule is C/C=C1/NC(=O)[C@@H](NC(=O)[C@H](CCC(N)=O)NC(=O)CCCCC)[C@@H](C)OC(=O)[C@H](C(C)C)NC(=O)[C@H](Cc2ccc(O)cc2)N(C)C(=O)[C@H](Cc2ccccc2)N2C(=O)[C@@H](CC[C@H]2O)NC1=O. The number of cyclic esters (lactones) is 1. The van der Waals surface area contributed by atoms with E-state index in [4.69, 9.17) is 10.5 Å². The van der Waals surface area contributed by atoms with Crippen LogP contribution in [0.25, 0.3) is 0 Å². The summed E-state index contributed by atoms with van der Waals surface area (Å²) in [5, 5.41) is 34.3. The van der Waals surface area contributed by atoms with Crippen molar-refractivity contribution in [2.24, 2.45) is 11.7 Å². The van der Waals surface area contributed by atoms with Crippen molar-refractivity contribution >= 4 is 53.2 Å². The van der Waals surface area contributed by atoms with Crippen molar-refractivity contribution in [2.45, 2.75) is 147 Å². The van der Waals surface area contributed by atoms with Crippen molar-refractivity contribution in [3.63, 3.8) is 0 Å². The van der Waals surface area contributed by atoms with Gasteiger partial charge in [-0.05, 0) is 68.7 Å². The van der Waals surface area contributed by atoms with E-state index in [1.807, 2.05) is 6.92 Å². The number of rotatable bonds is 15. The number of aliphatic hydroxyl groups excluding tert-OH is 1. The zero-order valence-corrected chi connectivity index (χ0v) is 39.5. The van der Waals surface area contributed by atoms with Gasteiger partial charge in [-0.2, -0.15) is 0 Å². The molecule has 20 heteroatoms. The Morgan fingerprint density at radius 3 is 2.15 bits per heavy atom. The second kappa shape index (κ2) is 25.3. The summed E-state index contributed by atoms with van der Waals surface area (Å²) < 4.78 is 5.82. The summed E-state index contributed by atoms with van der Waals surface area (Å²) >= 11 is 0. The normalized spacial score (nSPS) is 24.4. The first kappa shape index (κ1) is 53.8. The summed E-state index contributed by atoms with van der Waals surface area (Å²) in [7, 11) is 1.35. The smallest absolute Gasteiger partial charge is 0.329 e. The van der Waals surface area contributed by atoms with Gasteiger partial charge >= 0.3 is 5.97 Å². The third-order valence-electron chi connectivity index (χ3n) is 12.0. The van der Waals surface area contributed by atoms with Crippen LogP contribution < -0.4 is 32.3 Å². The minimum absolute atomic E-state index is 0.0555. The van der Waals surface area contributed by atoms with Crippen molar-refractivity contribution in [2.75, 3.05) is 7.05 Å². The molecule has 2 aliphatic rings. The maximum atomic E-state index is 15.0. The highest BCUT2D eigenvalue weighted by molar-refractivity contribution is 6.02. The number of hydrogen-bond acceptors (Lipinski definition) is 12. The molecule has 0 saturated carbocycles. The standard InChI is InChI=1S/C48H66N8O12/c1-7-9-11-16-38(59)50-33(21-23-37(49)58)43(62)54-41-28(5)68-48(67)40(27(3)4)53-44(63)35(25-30-17-19-31(57)20-18-30)55(6)47(66)36(26-29-14-12-10-13-15-29)56-39(60)24-22-34(46(56)65)52-42(61)32(8-2)51-45(41)64/h8,10,12-15,17-20,27-28,33-36,39-41,57,60H,7,9,11,16,21-26H2,1-6H3,(H2,49,58)(H,50,59)(H,51,64)(H,52,61)(H,53,63)(H,54,62)/b32-8+/t28-,33+,34-,35+,36+,39-,40+,41+/m1/s1. The number of likely N-dealkylation sites (N-methyl/N-ethyl adjacent to an activating group) is 1. The first-order chi connectivity index (χ1) is 32.2. The second-order valence-electron chi connectivity index (χ2n) is 17.5. The third-order valence-corrected chi connectivity index (χ3v) is 12.0. The van der Waals surface area contributed by atoms with E-state index >= 15 is 0 Å². The van der Waals surface area contributed by atoms with E-state index in [2.05, 4.69) is 26.6 Å². The molecule has 4 rings (SSSR count). The molecule has 0 aliphatic carbocycles. The molecule has 68 heavy (non-hydrogen) atoms. The number of benzene rings is 2. The van der Waals surface area contributed by atoms with Gasteiger partial charge in [0.25, 0.3) is 11.8 Å². The molecular weight excluding hydrogens is 881 g/mol. The van der Waals surface area contributed by atoms with Gasteiger partial charge in [0, 0.05) is 32.7 Å². The van der Waals surface area contributed by atoms with Gasteiger partial charge in [-0.3, -0.25) is 38.4 Å². The van der Waals surface area contributed by atoms with Gasteiger partial charge in [-0.1, -0.05) is 82.2 Å². The number of hydrogen-bond donors (Lipinski definition) is 8. The third kappa shape index (κ3) is 14.8. The molecule has 2 aromatic rings. The number of nitrogens with zero attached hydrogens (tertiary/aromatic N) is 2. The number of esters is 1. The molecular formula is C48H66N8O12. The average molecular weight is 947 g/mol. The fraction of sp³-hybridized carbons (Fsp3) is 0.521. The van der Waals surface area contributed by atoms with Gasteiger partial charge in [0.05, 0.1) is 0 Å². The monoisotopic (exact) mass is 946 g/mol. The average Bonchev–Trinajstić information content (AvgIpc) is 3.29. The Kier molecular flexibility index (Phi) is 20.0. The first-order valence-electron chi connectivity index (χ1n) is 23.0. The molecule has 0 spiro atoms. The molecule has 2 heterocycles. The predicted octanol–water partition coefficient (Wildman–Crippen LogP) is 0.720. The molecule has 0 unspecified atom stereocenters. The molecule has 370 valence electrons. The molecule has 0 aromatic heterocycles. The number of phenolic OH excluding ortho intramolecular Hbond substituents is 1. The Balaban J connectivity index is 1.83. The Hall–Kier alpha value is -6.83. The number of allylic oxidation sites excluding steroid dienone is 1. The van der Waals surface area contributed by atoms with E-state index in [1.165, 1.54) is 39.1 Å². The van der Waals surface area contributed by atoms with E-state index in [9.17, 15) is 53.4 Å². The lowest BCUT2D eigenvalue weighted by Gasteiger charge is -2.43. The fourth-order valence-corrected chi connectivity index (χ4v) is 7.98. The molecule has 8 atom stereocenters. The lowest BCUT2D eigenvalue weighted by molar-refractivity contribution is -0.165. The minimum atomic E-state index is -1.78. The maximum Gasteiger partial charge on any atom is 0.329 e. The van der Waals surface area contributed by atoms with E-state index in [-0.39, 0.29) is 56.4 Å². The number of nitrogens with two attached hydrogens (primary N) is 1. The number of unbranched alkanes of at least 4 members (excludes halogenated alkanes) is 2. The zero-order chi connectivity index (χ0) is 50.2. The summed E-state index contributed by atoms with van der Waals surface area (Å²) in [5.74, 6) is -8.40. The van der Waals surface area contributed by atoms with Crippen LogP contribution in [0.1, 0.15) is 97.1 Å². The lowest BCUT2D eigenvalue weighted by atomic mass is 9.95. The second-order valence-corrected chi connectivity index (χ2v) is 17.5. The van der Waals surface area contributed by atoms with Gasteiger partial charge in [0.1, 0.15) is 60.0 Å². The number of aromatic hydroxyl groups is 1. The number of ether oxygens (including phenoxy) is 1. The van der Waals surface area contributed by atoms with Crippen molar-refractivity contribution in [1.82, 2.24) is 36.4 Å². The van der Waals surface area contributed by atoms with Crippen LogP contribution in [0, 0.1) is 5.92 Å². The number of aliphatic hydroxyl groups is 1. The Morgan fingerprint density at radius 2 is 1.53 bits per heavy atom. The van der Waals surface area contributed by atoms with Crippen LogP contribution in [0.2, 0.25) is 0 Å². The molecule has 9 N–H and O–H groups in total. The molecule has 0 radical (unpaired) electrons. The van der Waals surface area contributed by atoms with Crippen LogP contribution >= 0.6 is 0 Å². The van der Waals surface area contributed by atoms with Crippen LogP contribution in [0.5, 0.6) is 5.75 Å². The zero-order valence-electron chi connectivity index (χ0n) is 39.5.